The molecule has 2 aliphatic rings. The molecule has 4 rings (SSSR count). The largest absolute Gasteiger partial charge is 0.433 e. The summed E-state index contributed by atoms with van der Waals surface area (Å²) in [5.41, 5.74) is 0.610. The molecular formula is C25H28BrF2N3O3. The lowest BCUT2D eigenvalue weighted by Crippen LogP contribution is -2.50. The smallest absolute Gasteiger partial charge is 0.394 e. The summed E-state index contributed by atoms with van der Waals surface area (Å²) in [5, 5.41) is 9.30. The van der Waals surface area contributed by atoms with E-state index < -0.39 is 17.6 Å². The molecule has 3 N–H and O–H groups in total. The monoisotopic (exact) mass is 535 g/mol. The molecule has 2 aromatic carbocycles. The average Bonchev–Trinajstić information content (AvgIpc) is 3.60. The van der Waals surface area contributed by atoms with Crippen LogP contribution in [0.25, 0.3) is 0 Å². The SMILES string of the molecule is CC(F)(F)Oc1ccc(C2(C(=O)NC(C(=O)N[C@@H]3CCCNC3)c3ccc(Br)cc3)CC2)cc1. The number of amides is 2. The molecular weight excluding hydrogens is 508 g/mol. The first-order chi connectivity index (χ1) is 16.2. The van der Waals surface area contributed by atoms with E-state index in [9.17, 15) is 18.4 Å². The lowest BCUT2D eigenvalue weighted by atomic mass is 9.93. The Kier molecular flexibility index (Phi) is 7.23. The topological polar surface area (TPSA) is 79.5 Å². The van der Waals surface area contributed by atoms with Crippen LogP contribution >= 0.6 is 15.9 Å². The first-order valence-electron chi connectivity index (χ1n) is 11.4. The molecule has 1 saturated carbocycles. The number of piperidine rings is 1. The molecule has 0 radical (unpaired) electrons. The standard InChI is InChI=1S/C25H28BrF2N3O3/c1-24(27,28)34-20-10-6-17(7-11-20)25(12-13-25)23(33)31-21(16-4-8-18(26)9-5-16)22(32)30-19-3-2-14-29-15-19/h4-11,19,21,29H,2-3,12-15H2,1H3,(H,30,32)(H,31,33)/t19-,21?/m1/s1. The summed E-state index contributed by atoms with van der Waals surface area (Å²) >= 11 is 3.41. The van der Waals surface area contributed by atoms with Gasteiger partial charge in [-0.05, 0) is 67.6 Å². The normalized spacial score (nSPS) is 20.2. The second kappa shape index (κ2) is 10.00. The summed E-state index contributed by atoms with van der Waals surface area (Å²) in [6, 6.07) is 12.6. The Bertz CT molecular complexity index is 1020. The zero-order chi connectivity index (χ0) is 24.3. The highest BCUT2D eigenvalue weighted by Crippen LogP contribution is 2.49. The Hall–Kier alpha value is -2.52. The van der Waals surface area contributed by atoms with Crippen molar-refractivity contribution in [1.82, 2.24) is 16.0 Å². The molecule has 1 aliphatic carbocycles. The van der Waals surface area contributed by atoms with Crippen molar-refractivity contribution in [2.24, 2.45) is 0 Å². The minimum absolute atomic E-state index is 0.00947. The van der Waals surface area contributed by atoms with Crippen LogP contribution in [-0.4, -0.2) is 37.1 Å². The summed E-state index contributed by atoms with van der Waals surface area (Å²) < 4.78 is 31.7. The predicted molar refractivity (Wildman–Crippen MR) is 128 cm³/mol. The van der Waals surface area contributed by atoms with Gasteiger partial charge in [-0.1, -0.05) is 40.2 Å². The fourth-order valence-corrected chi connectivity index (χ4v) is 4.57. The van der Waals surface area contributed by atoms with Crippen molar-refractivity contribution in [3.05, 3.63) is 64.1 Å². The van der Waals surface area contributed by atoms with E-state index in [2.05, 4.69) is 36.6 Å². The van der Waals surface area contributed by atoms with E-state index in [1.807, 2.05) is 24.3 Å². The Morgan fingerprint density at radius 1 is 1.15 bits per heavy atom. The Morgan fingerprint density at radius 2 is 1.82 bits per heavy atom. The van der Waals surface area contributed by atoms with Gasteiger partial charge in [0.05, 0.1) is 5.41 Å². The van der Waals surface area contributed by atoms with Crippen molar-refractivity contribution in [3.63, 3.8) is 0 Å². The van der Waals surface area contributed by atoms with E-state index in [-0.39, 0.29) is 23.6 Å². The Morgan fingerprint density at radius 3 is 2.38 bits per heavy atom. The van der Waals surface area contributed by atoms with Crippen molar-refractivity contribution in [2.45, 2.75) is 56.2 Å². The van der Waals surface area contributed by atoms with Crippen LogP contribution in [0.15, 0.2) is 53.0 Å². The van der Waals surface area contributed by atoms with E-state index in [0.29, 0.717) is 37.4 Å². The number of nitrogens with one attached hydrogen (secondary N) is 3. The highest BCUT2D eigenvalue weighted by Gasteiger charge is 2.52. The van der Waals surface area contributed by atoms with Crippen LogP contribution in [0, 0.1) is 0 Å². The van der Waals surface area contributed by atoms with Gasteiger partial charge in [-0.2, -0.15) is 8.78 Å². The maximum atomic E-state index is 13.4. The summed E-state index contributed by atoms with van der Waals surface area (Å²) in [6.45, 7) is 2.30. The summed E-state index contributed by atoms with van der Waals surface area (Å²) in [6.07, 6.45) is -0.189. The zero-order valence-corrected chi connectivity index (χ0v) is 20.5. The third-order valence-electron chi connectivity index (χ3n) is 6.27. The summed E-state index contributed by atoms with van der Waals surface area (Å²) in [5.74, 6) is -0.485. The summed E-state index contributed by atoms with van der Waals surface area (Å²) in [4.78, 5) is 26.7. The van der Waals surface area contributed by atoms with Crippen LogP contribution < -0.4 is 20.7 Å². The highest BCUT2D eigenvalue weighted by molar-refractivity contribution is 9.10. The van der Waals surface area contributed by atoms with Gasteiger partial charge >= 0.3 is 6.11 Å². The van der Waals surface area contributed by atoms with Gasteiger partial charge < -0.3 is 20.7 Å². The van der Waals surface area contributed by atoms with Crippen molar-refractivity contribution >= 4 is 27.7 Å². The van der Waals surface area contributed by atoms with Crippen LogP contribution in [-0.2, 0) is 15.0 Å². The minimum atomic E-state index is -3.28. The number of halogens is 3. The molecule has 2 amide bonds. The third-order valence-corrected chi connectivity index (χ3v) is 6.80. The summed E-state index contributed by atoms with van der Waals surface area (Å²) in [7, 11) is 0. The van der Waals surface area contributed by atoms with Crippen molar-refractivity contribution in [2.75, 3.05) is 13.1 Å². The first kappa shape index (κ1) is 24.6. The number of carbonyl (C=O) groups excluding carboxylic acids is 2. The van der Waals surface area contributed by atoms with Gasteiger partial charge in [0, 0.05) is 24.0 Å². The van der Waals surface area contributed by atoms with Crippen molar-refractivity contribution in [3.8, 4) is 5.75 Å². The molecule has 1 heterocycles. The fourth-order valence-electron chi connectivity index (χ4n) is 4.31. The van der Waals surface area contributed by atoms with E-state index in [4.69, 9.17) is 0 Å². The van der Waals surface area contributed by atoms with Crippen LogP contribution in [0.2, 0.25) is 0 Å². The second-order valence-electron chi connectivity index (χ2n) is 9.03. The molecule has 0 aromatic heterocycles. The second-order valence-corrected chi connectivity index (χ2v) is 9.94. The van der Waals surface area contributed by atoms with Gasteiger partial charge in [-0.15, -0.1) is 0 Å². The number of rotatable bonds is 8. The zero-order valence-electron chi connectivity index (χ0n) is 18.9. The van der Waals surface area contributed by atoms with E-state index in [1.54, 1.807) is 12.1 Å². The number of benzene rings is 2. The van der Waals surface area contributed by atoms with Gasteiger partial charge in [0.2, 0.25) is 11.8 Å². The fraction of sp³-hybridized carbons (Fsp3) is 0.440. The molecule has 182 valence electrons. The third kappa shape index (κ3) is 5.93. The van der Waals surface area contributed by atoms with Gasteiger partial charge in [-0.25, -0.2) is 0 Å². The lowest BCUT2D eigenvalue weighted by Gasteiger charge is -2.28. The highest BCUT2D eigenvalue weighted by atomic mass is 79.9. The molecule has 0 spiro atoms. The molecule has 2 aromatic rings. The van der Waals surface area contributed by atoms with Crippen LogP contribution in [0.3, 0.4) is 0 Å². The Labute approximate surface area is 206 Å². The number of hydrogen-bond acceptors (Lipinski definition) is 4. The average molecular weight is 536 g/mol. The quantitative estimate of drug-likeness (QED) is 0.473. The number of ether oxygens (including phenoxy) is 1. The van der Waals surface area contributed by atoms with Gasteiger partial charge in [0.1, 0.15) is 11.8 Å². The number of carbonyl (C=O) groups is 2. The molecule has 2 fully saturated rings. The molecule has 2 atom stereocenters. The number of alkyl halides is 2. The van der Waals surface area contributed by atoms with Crippen molar-refractivity contribution < 1.29 is 23.1 Å². The predicted octanol–water partition coefficient (Wildman–Crippen LogP) is 4.20. The van der Waals surface area contributed by atoms with Crippen molar-refractivity contribution in [1.29, 1.82) is 0 Å². The molecule has 6 nitrogen and oxygen atoms in total. The van der Waals surface area contributed by atoms with Gasteiger partial charge in [-0.3, -0.25) is 9.59 Å². The Balaban J connectivity index is 1.51. The minimum Gasteiger partial charge on any atom is -0.433 e. The van der Waals surface area contributed by atoms with Crippen LogP contribution in [0.4, 0.5) is 8.78 Å². The van der Waals surface area contributed by atoms with Crippen LogP contribution in [0.5, 0.6) is 5.75 Å². The molecule has 0 bridgehead atoms. The molecule has 1 aliphatic heterocycles. The number of hydrogen-bond donors (Lipinski definition) is 3. The molecule has 1 saturated heterocycles. The molecule has 1 unspecified atom stereocenters. The van der Waals surface area contributed by atoms with E-state index in [1.165, 1.54) is 12.1 Å². The van der Waals surface area contributed by atoms with E-state index >= 15 is 0 Å². The van der Waals surface area contributed by atoms with E-state index in [0.717, 1.165) is 23.9 Å². The lowest BCUT2D eigenvalue weighted by molar-refractivity contribution is -0.159. The van der Waals surface area contributed by atoms with Gasteiger partial charge in [0.25, 0.3) is 0 Å². The van der Waals surface area contributed by atoms with Gasteiger partial charge in [0.15, 0.2) is 0 Å². The van der Waals surface area contributed by atoms with Crippen LogP contribution in [0.1, 0.15) is 49.8 Å². The molecule has 34 heavy (non-hydrogen) atoms. The molecule has 9 heteroatoms. The first-order valence-corrected chi connectivity index (χ1v) is 12.2. The maximum Gasteiger partial charge on any atom is 0.394 e. The maximum absolute atomic E-state index is 13.4.